The molecule has 0 spiro atoms. The average molecular weight is 425 g/mol. The van der Waals surface area contributed by atoms with E-state index in [2.05, 4.69) is 85.9 Å². The molecular weight excluding hydrogens is 410 g/mol. The van der Waals surface area contributed by atoms with Crippen LogP contribution in [0.2, 0.25) is 0 Å². The fraction of sp³-hybridized carbons (Fsp3) is 0.176. The molecule has 0 saturated carbocycles. The fourth-order valence-corrected chi connectivity index (χ4v) is 4.97. The van der Waals surface area contributed by atoms with Crippen molar-refractivity contribution in [2.24, 2.45) is 0 Å². The number of hydrogen-bond acceptors (Lipinski definition) is 2. The number of benzene rings is 2. The lowest BCUT2D eigenvalue weighted by Gasteiger charge is -2.17. The van der Waals surface area contributed by atoms with E-state index in [1.54, 1.807) is 11.3 Å². The molecule has 1 unspecified atom stereocenters. The van der Waals surface area contributed by atoms with Gasteiger partial charge in [0.05, 0.1) is 6.04 Å². The molecule has 1 heterocycles. The van der Waals surface area contributed by atoms with Crippen molar-refractivity contribution in [1.82, 2.24) is 5.32 Å². The molecular formula is C17H15Br2NS. The molecule has 3 aromatic rings. The summed E-state index contributed by atoms with van der Waals surface area (Å²) in [5.41, 5.74) is 3.88. The second-order valence-corrected chi connectivity index (χ2v) is 7.74. The van der Waals surface area contributed by atoms with E-state index >= 15 is 0 Å². The largest absolute Gasteiger partial charge is 0.309 e. The van der Waals surface area contributed by atoms with Gasteiger partial charge in [-0.25, -0.2) is 0 Å². The molecule has 2 aromatic carbocycles. The van der Waals surface area contributed by atoms with E-state index in [0.29, 0.717) is 0 Å². The minimum atomic E-state index is 0.198. The van der Waals surface area contributed by atoms with Gasteiger partial charge in [-0.05, 0) is 75.6 Å². The predicted molar refractivity (Wildman–Crippen MR) is 99.3 cm³/mol. The molecule has 0 radical (unpaired) electrons. The molecule has 3 rings (SSSR count). The van der Waals surface area contributed by atoms with Gasteiger partial charge in [0.15, 0.2) is 0 Å². The third-order valence-electron chi connectivity index (χ3n) is 3.58. The van der Waals surface area contributed by atoms with Gasteiger partial charge < -0.3 is 5.32 Å². The Morgan fingerprint density at radius 2 is 1.95 bits per heavy atom. The first kappa shape index (κ1) is 15.2. The van der Waals surface area contributed by atoms with Crippen molar-refractivity contribution in [3.05, 3.63) is 67.4 Å². The number of rotatable bonds is 3. The van der Waals surface area contributed by atoms with Crippen LogP contribution in [0.5, 0.6) is 0 Å². The van der Waals surface area contributed by atoms with Gasteiger partial charge in [-0.1, -0.05) is 34.1 Å². The molecule has 1 N–H and O–H groups in total. The summed E-state index contributed by atoms with van der Waals surface area (Å²) >= 11 is 9.03. The Bertz CT molecular complexity index is 774. The van der Waals surface area contributed by atoms with E-state index in [4.69, 9.17) is 0 Å². The molecule has 0 amide bonds. The van der Waals surface area contributed by atoms with Gasteiger partial charge in [0.25, 0.3) is 0 Å². The Hall–Kier alpha value is -0.680. The predicted octanol–water partition coefficient (Wildman–Crippen LogP) is 6.04. The second-order valence-electron chi connectivity index (χ2n) is 5.09. The van der Waals surface area contributed by atoms with Crippen molar-refractivity contribution in [2.75, 3.05) is 7.05 Å². The number of fused-ring (bicyclic) bond motifs is 1. The van der Waals surface area contributed by atoms with Crippen LogP contribution in [0.3, 0.4) is 0 Å². The van der Waals surface area contributed by atoms with Crippen LogP contribution in [0.25, 0.3) is 10.1 Å². The zero-order chi connectivity index (χ0) is 15.0. The van der Waals surface area contributed by atoms with E-state index in [9.17, 15) is 0 Å². The normalized spacial score (nSPS) is 12.8. The van der Waals surface area contributed by atoms with E-state index in [1.807, 2.05) is 7.05 Å². The first-order valence-electron chi connectivity index (χ1n) is 6.70. The molecule has 21 heavy (non-hydrogen) atoms. The van der Waals surface area contributed by atoms with Crippen LogP contribution in [-0.4, -0.2) is 7.05 Å². The molecule has 0 bridgehead atoms. The monoisotopic (exact) mass is 423 g/mol. The van der Waals surface area contributed by atoms with Crippen molar-refractivity contribution in [3.8, 4) is 0 Å². The summed E-state index contributed by atoms with van der Waals surface area (Å²) < 4.78 is 3.59. The van der Waals surface area contributed by atoms with Crippen molar-refractivity contribution in [1.29, 1.82) is 0 Å². The summed E-state index contributed by atoms with van der Waals surface area (Å²) in [6.07, 6.45) is 0. The lowest BCUT2D eigenvalue weighted by atomic mass is 9.97. The smallest absolute Gasteiger partial charge is 0.0589 e. The molecule has 1 atom stereocenters. The highest BCUT2D eigenvalue weighted by molar-refractivity contribution is 9.11. The summed E-state index contributed by atoms with van der Waals surface area (Å²) in [6.45, 7) is 2.13. The van der Waals surface area contributed by atoms with Gasteiger partial charge in [-0.2, -0.15) is 0 Å². The quantitative estimate of drug-likeness (QED) is 0.540. The zero-order valence-corrected chi connectivity index (χ0v) is 15.8. The maximum atomic E-state index is 3.64. The molecule has 1 nitrogen and oxygen atoms in total. The van der Waals surface area contributed by atoms with Crippen LogP contribution < -0.4 is 5.32 Å². The average Bonchev–Trinajstić information content (AvgIpc) is 2.84. The van der Waals surface area contributed by atoms with Crippen molar-refractivity contribution < 1.29 is 0 Å². The Morgan fingerprint density at radius 3 is 2.67 bits per heavy atom. The van der Waals surface area contributed by atoms with Gasteiger partial charge in [0, 0.05) is 13.6 Å². The molecule has 1 aromatic heterocycles. The number of aryl methyl sites for hydroxylation is 1. The van der Waals surface area contributed by atoms with Gasteiger partial charge in [0.1, 0.15) is 0 Å². The standard InChI is InChI=1S/C17H15Br2NS/c1-10-6-11(8-12(18)7-10)16(20-2)14-9-21-17-13(14)4-3-5-15(17)19/h3-9,16,20H,1-2H3. The van der Waals surface area contributed by atoms with Crippen LogP contribution in [-0.2, 0) is 0 Å². The van der Waals surface area contributed by atoms with E-state index < -0.39 is 0 Å². The van der Waals surface area contributed by atoms with Crippen LogP contribution in [0.4, 0.5) is 0 Å². The summed E-state index contributed by atoms with van der Waals surface area (Å²) in [4.78, 5) is 0. The van der Waals surface area contributed by atoms with Gasteiger partial charge in [-0.3, -0.25) is 0 Å². The molecule has 108 valence electrons. The highest BCUT2D eigenvalue weighted by Crippen LogP contribution is 2.37. The topological polar surface area (TPSA) is 12.0 Å². The summed E-state index contributed by atoms with van der Waals surface area (Å²) in [5.74, 6) is 0. The van der Waals surface area contributed by atoms with Crippen LogP contribution in [0, 0.1) is 6.92 Å². The lowest BCUT2D eigenvalue weighted by Crippen LogP contribution is -2.17. The molecule has 0 aliphatic rings. The number of nitrogens with one attached hydrogen (secondary N) is 1. The Labute approximate surface area is 145 Å². The second kappa shape index (κ2) is 6.21. The maximum absolute atomic E-state index is 3.64. The highest BCUT2D eigenvalue weighted by Gasteiger charge is 2.17. The first-order valence-corrected chi connectivity index (χ1v) is 9.16. The van der Waals surface area contributed by atoms with Gasteiger partial charge in [-0.15, -0.1) is 11.3 Å². The Morgan fingerprint density at radius 1 is 1.14 bits per heavy atom. The van der Waals surface area contributed by atoms with Crippen LogP contribution in [0.1, 0.15) is 22.7 Å². The minimum Gasteiger partial charge on any atom is -0.309 e. The molecule has 0 aliphatic heterocycles. The highest BCUT2D eigenvalue weighted by atomic mass is 79.9. The number of halogens is 2. The fourth-order valence-electron chi connectivity index (χ4n) is 2.70. The van der Waals surface area contributed by atoms with E-state index in [1.165, 1.54) is 26.8 Å². The van der Waals surface area contributed by atoms with Crippen LogP contribution in [0.15, 0.2) is 50.7 Å². The Balaban J connectivity index is 2.16. The summed E-state index contributed by atoms with van der Waals surface area (Å²) in [5, 5.41) is 7.03. The Kier molecular flexibility index (Phi) is 4.50. The lowest BCUT2D eigenvalue weighted by molar-refractivity contribution is 0.698. The van der Waals surface area contributed by atoms with Gasteiger partial charge >= 0.3 is 0 Å². The molecule has 0 fully saturated rings. The van der Waals surface area contributed by atoms with Crippen molar-refractivity contribution in [2.45, 2.75) is 13.0 Å². The summed E-state index contributed by atoms with van der Waals surface area (Å²) in [7, 11) is 2.02. The summed E-state index contributed by atoms with van der Waals surface area (Å²) in [6, 6.07) is 13.2. The number of thiophene rings is 1. The third kappa shape index (κ3) is 2.95. The zero-order valence-electron chi connectivity index (χ0n) is 11.8. The van der Waals surface area contributed by atoms with Crippen molar-refractivity contribution in [3.63, 3.8) is 0 Å². The van der Waals surface area contributed by atoms with E-state index in [0.717, 1.165) is 8.95 Å². The van der Waals surface area contributed by atoms with E-state index in [-0.39, 0.29) is 6.04 Å². The van der Waals surface area contributed by atoms with Crippen molar-refractivity contribution >= 4 is 53.3 Å². The van der Waals surface area contributed by atoms with Crippen LogP contribution >= 0.6 is 43.2 Å². The third-order valence-corrected chi connectivity index (χ3v) is 6.01. The minimum absolute atomic E-state index is 0.198. The van der Waals surface area contributed by atoms with Gasteiger partial charge in [0.2, 0.25) is 0 Å². The first-order chi connectivity index (χ1) is 10.1. The number of hydrogen-bond donors (Lipinski definition) is 1. The SMILES string of the molecule is CNC(c1cc(C)cc(Br)c1)c1csc2c(Br)cccc12. The molecule has 0 aliphatic carbocycles. The molecule has 0 saturated heterocycles. The molecule has 4 heteroatoms. The maximum Gasteiger partial charge on any atom is 0.0589 e.